The van der Waals surface area contributed by atoms with Crippen LogP contribution >= 0.6 is 0 Å². The lowest BCUT2D eigenvalue weighted by atomic mass is 9.94. The fourth-order valence-electron chi connectivity index (χ4n) is 3.46. The van der Waals surface area contributed by atoms with Crippen LogP contribution in [0.4, 0.5) is 10.5 Å². The molecule has 0 saturated carbocycles. The lowest BCUT2D eigenvalue weighted by molar-refractivity contribution is -0.384. The maximum atomic E-state index is 13.3. The molecule has 10 heteroatoms. The summed E-state index contributed by atoms with van der Waals surface area (Å²) in [5.41, 5.74) is 6.87. The number of hydrogen-bond acceptors (Lipinski definition) is 6. The zero-order chi connectivity index (χ0) is 22.7. The molecule has 1 atom stereocenters. The van der Waals surface area contributed by atoms with Gasteiger partial charge in [-0.25, -0.2) is 14.6 Å². The van der Waals surface area contributed by atoms with Crippen molar-refractivity contribution in [2.24, 2.45) is 10.7 Å². The molecule has 10 nitrogen and oxygen atoms in total. The van der Waals surface area contributed by atoms with Crippen LogP contribution in [0.5, 0.6) is 0 Å². The number of carbonyl (C=O) groups excluding carboxylic acids is 1. The first-order valence-corrected chi connectivity index (χ1v) is 9.31. The summed E-state index contributed by atoms with van der Waals surface area (Å²) in [4.78, 5) is 42.5. The number of aliphatic imine (C=N–C) groups is 1. The van der Waals surface area contributed by atoms with Gasteiger partial charge in [0.05, 0.1) is 16.2 Å². The molecule has 0 spiro atoms. The van der Waals surface area contributed by atoms with Gasteiger partial charge in [-0.05, 0) is 18.1 Å². The molecule has 160 valence electrons. The number of aliphatic carboxylic acids is 1. The second kappa shape index (κ2) is 8.66. The number of nitro groups is 1. The minimum absolute atomic E-state index is 0.122. The average molecular weight is 423 g/mol. The molecular weight excluding hydrogens is 402 g/mol. The monoisotopic (exact) mass is 423 g/mol. The van der Waals surface area contributed by atoms with E-state index in [1.165, 1.54) is 36.1 Å². The third-order valence-corrected chi connectivity index (χ3v) is 4.87. The Bertz CT molecular complexity index is 1100. The van der Waals surface area contributed by atoms with Crippen molar-refractivity contribution in [3.05, 3.63) is 87.1 Å². The fourth-order valence-corrected chi connectivity index (χ4v) is 3.46. The number of carboxylic acids is 1. The fraction of sp³-hybridized carbons (Fsp3) is 0.190. The van der Waals surface area contributed by atoms with Crippen molar-refractivity contribution in [1.82, 2.24) is 9.80 Å². The maximum Gasteiger partial charge on any atom is 0.335 e. The number of amides is 2. The predicted molar refractivity (Wildman–Crippen MR) is 113 cm³/mol. The molecule has 1 heterocycles. The summed E-state index contributed by atoms with van der Waals surface area (Å²) in [6.45, 7) is 1.71. The van der Waals surface area contributed by atoms with Gasteiger partial charge in [-0.1, -0.05) is 42.5 Å². The van der Waals surface area contributed by atoms with Crippen LogP contribution in [0.15, 0.2) is 70.9 Å². The largest absolute Gasteiger partial charge is 0.478 e. The molecule has 1 unspecified atom stereocenters. The Kier molecular flexibility index (Phi) is 6.00. The molecule has 0 bridgehead atoms. The van der Waals surface area contributed by atoms with Crippen molar-refractivity contribution >= 4 is 23.6 Å². The lowest BCUT2D eigenvalue weighted by Crippen LogP contribution is -2.52. The van der Waals surface area contributed by atoms with E-state index in [2.05, 4.69) is 4.99 Å². The number of non-ortho nitro benzene ring substituents is 1. The first-order valence-electron chi connectivity index (χ1n) is 9.31. The molecule has 0 saturated heterocycles. The molecule has 3 rings (SSSR count). The molecule has 3 N–H and O–H groups in total. The Morgan fingerprint density at radius 1 is 1.23 bits per heavy atom. The van der Waals surface area contributed by atoms with Gasteiger partial charge in [0, 0.05) is 25.7 Å². The maximum absolute atomic E-state index is 13.3. The van der Waals surface area contributed by atoms with Crippen LogP contribution in [0, 0.1) is 10.1 Å². The van der Waals surface area contributed by atoms with E-state index in [0.29, 0.717) is 0 Å². The molecule has 1 aliphatic heterocycles. The Morgan fingerprint density at radius 3 is 2.52 bits per heavy atom. The molecule has 31 heavy (non-hydrogen) atoms. The summed E-state index contributed by atoms with van der Waals surface area (Å²) >= 11 is 0. The van der Waals surface area contributed by atoms with Crippen LogP contribution in [0.2, 0.25) is 0 Å². The van der Waals surface area contributed by atoms with E-state index < -0.39 is 23.0 Å². The third kappa shape index (κ3) is 4.37. The van der Waals surface area contributed by atoms with Crippen molar-refractivity contribution in [3.8, 4) is 0 Å². The van der Waals surface area contributed by atoms with Crippen molar-refractivity contribution in [1.29, 1.82) is 0 Å². The Labute approximate surface area is 178 Å². The lowest BCUT2D eigenvalue weighted by Gasteiger charge is -2.37. The number of nitrogens with zero attached hydrogens (tertiary/aromatic N) is 4. The topological polar surface area (TPSA) is 142 Å². The summed E-state index contributed by atoms with van der Waals surface area (Å²) in [6.07, 6.45) is 0. The molecule has 1 aliphatic rings. The van der Waals surface area contributed by atoms with Crippen LogP contribution in [-0.4, -0.2) is 44.8 Å². The second-order valence-corrected chi connectivity index (χ2v) is 7.02. The highest BCUT2D eigenvalue weighted by Crippen LogP contribution is 2.36. The smallest absolute Gasteiger partial charge is 0.335 e. The van der Waals surface area contributed by atoms with Crippen molar-refractivity contribution in [2.75, 3.05) is 7.05 Å². The predicted octanol–water partition coefficient (Wildman–Crippen LogP) is 2.88. The quantitative estimate of drug-likeness (QED) is 0.559. The van der Waals surface area contributed by atoms with Gasteiger partial charge in [-0.2, -0.15) is 0 Å². The van der Waals surface area contributed by atoms with Crippen molar-refractivity contribution < 1.29 is 19.6 Å². The van der Waals surface area contributed by atoms with E-state index in [1.807, 2.05) is 30.3 Å². The number of nitro benzene ring substituents is 1. The summed E-state index contributed by atoms with van der Waals surface area (Å²) in [5, 5.41) is 21.1. The number of carbonyl (C=O) groups is 2. The minimum Gasteiger partial charge on any atom is -0.478 e. The van der Waals surface area contributed by atoms with E-state index in [9.17, 15) is 24.8 Å². The zero-order valence-electron chi connectivity index (χ0n) is 16.9. The number of hydrogen-bond donors (Lipinski definition) is 2. The number of nitrogens with two attached hydrogens (primary N) is 1. The van der Waals surface area contributed by atoms with Crippen LogP contribution in [0.3, 0.4) is 0 Å². The number of rotatable bonds is 5. The number of guanidine groups is 1. The summed E-state index contributed by atoms with van der Waals surface area (Å²) in [7, 11) is 1.55. The van der Waals surface area contributed by atoms with Crippen molar-refractivity contribution in [3.63, 3.8) is 0 Å². The van der Waals surface area contributed by atoms with Crippen LogP contribution < -0.4 is 5.73 Å². The van der Waals surface area contributed by atoms with Crippen LogP contribution in [-0.2, 0) is 11.3 Å². The average Bonchev–Trinajstić information content (AvgIpc) is 2.73. The Balaban J connectivity index is 2.06. The van der Waals surface area contributed by atoms with Gasteiger partial charge in [0.25, 0.3) is 5.69 Å². The first-order chi connectivity index (χ1) is 14.7. The molecule has 0 aromatic heterocycles. The number of allylic oxidation sites excluding steroid dienone is 1. The third-order valence-electron chi connectivity index (χ3n) is 4.87. The molecule has 2 aromatic carbocycles. The zero-order valence-corrected chi connectivity index (χ0v) is 16.9. The van der Waals surface area contributed by atoms with E-state index in [4.69, 9.17) is 5.73 Å². The molecule has 2 amide bonds. The Hall–Kier alpha value is -4.21. The molecule has 0 radical (unpaired) electrons. The molecule has 0 aliphatic carbocycles. The Morgan fingerprint density at radius 2 is 1.90 bits per heavy atom. The van der Waals surface area contributed by atoms with Gasteiger partial charge >= 0.3 is 12.0 Å². The number of carboxylic acid groups (broad SMARTS) is 1. The van der Waals surface area contributed by atoms with Gasteiger partial charge < -0.3 is 15.7 Å². The summed E-state index contributed by atoms with van der Waals surface area (Å²) < 4.78 is 0. The summed E-state index contributed by atoms with van der Waals surface area (Å²) in [6, 6.07) is 12.9. The minimum atomic E-state index is -1.30. The molecular formula is C21H21N5O5. The van der Waals surface area contributed by atoms with E-state index >= 15 is 0 Å². The van der Waals surface area contributed by atoms with Gasteiger partial charge in [0.15, 0.2) is 0 Å². The molecule has 0 fully saturated rings. The highest BCUT2D eigenvalue weighted by atomic mass is 16.6. The first kappa shape index (κ1) is 21.5. The number of urea groups is 1. The van der Waals surface area contributed by atoms with Crippen molar-refractivity contribution in [2.45, 2.75) is 19.5 Å². The van der Waals surface area contributed by atoms with E-state index in [-0.39, 0.29) is 35.0 Å². The van der Waals surface area contributed by atoms with Crippen LogP contribution in [0.1, 0.15) is 24.1 Å². The van der Waals surface area contributed by atoms with Gasteiger partial charge in [0.1, 0.15) is 6.04 Å². The van der Waals surface area contributed by atoms with Gasteiger partial charge in [0.2, 0.25) is 5.96 Å². The SMILES string of the molecule is CC1=C(C(=O)O)C(c2cccc([N+](=O)[O-])c2)N(C(=O)N(C)Cc2ccccc2)C(N)=N1. The van der Waals surface area contributed by atoms with Gasteiger partial charge in [-0.15, -0.1) is 0 Å². The van der Waals surface area contributed by atoms with E-state index in [1.54, 1.807) is 7.05 Å². The highest BCUT2D eigenvalue weighted by Gasteiger charge is 2.40. The summed E-state index contributed by atoms with van der Waals surface area (Å²) in [5.74, 6) is -1.49. The van der Waals surface area contributed by atoms with Gasteiger partial charge in [-0.3, -0.25) is 15.0 Å². The number of benzene rings is 2. The normalized spacial score (nSPS) is 16.0. The standard InChI is InChI=1S/C21H21N5O5/c1-13-17(19(27)28)18(15-9-6-10-16(11-15)26(30)31)25(20(22)23-13)21(29)24(2)12-14-7-4-3-5-8-14/h3-11,18H,12H2,1-2H3,(H2,22,23)(H,27,28). The van der Waals surface area contributed by atoms with E-state index in [0.717, 1.165) is 10.5 Å². The highest BCUT2D eigenvalue weighted by molar-refractivity contribution is 6.01. The molecule has 2 aromatic rings. The van der Waals surface area contributed by atoms with Crippen LogP contribution in [0.25, 0.3) is 0 Å². The second-order valence-electron chi connectivity index (χ2n) is 7.02.